The number of hydrogen-bond acceptors (Lipinski definition) is 4. The van der Waals surface area contributed by atoms with Crippen LogP contribution in [0.4, 0.5) is 11.4 Å². The Morgan fingerprint density at radius 3 is 2.23 bits per heavy atom. The molecule has 6 heteroatoms. The van der Waals surface area contributed by atoms with Crippen molar-refractivity contribution in [3.05, 3.63) is 113 Å². The minimum atomic E-state index is -0.241. The van der Waals surface area contributed by atoms with Gasteiger partial charge in [0.1, 0.15) is 17.2 Å². The van der Waals surface area contributed by atoms with Crippen LogP contribution in [0.1, 0.15) is 16.7 Å². The number of carbonyl (C=O) groups is 1. The molecule has 0 atom stereocenters. The van der Waals surface area contributed by atoms with Crippen LogP contribution in [0, 0.1) is 13.8 Å². The van der Waals surface area contributed by atoms with Gasteiger partial charge in [-0.05, 0) is 91.2 Å². The molecule has 5 nitrogen and oxygen atoms in total. The van der Waals surface area contributed by atoms with E-state index in [9.17, 15) is 4.79 Å². The van der Waals surface area contributed by atoms with Gasteiger partial charge in [0.25, 0.3) is 5.91 Å². The molecule has 0 fully saturated rings. The first-order chi connectivity index (χ1) is 17.0. The van der Waals surface area contributed by atoms with Crippen molar-refractivity contribution in [3.63, 3.8) is 0 Å². The number of hydrogen-bond donors (Lipinski definition) is 2. The minimum absolute atomic E-state index is 0.123. The molecule has 0 saturated carbocycles. The first-order valence-electron chi connectivity index (χ1n) is 11.3. The number of ether oxygens (including phenoxy) is 2. The molecule has 0 aliphatic carbocycles. The van der Waals surface area contributed by atoms with Crippen LogP contribution in [-0.4, -0.2) is 12.5 Å². The first-order valence-corrected chi connectivity index (χ1v) is 11.7. The Morgan fingerprint density at radius 2 is 1.51 bits per heavy atom. The van der Waals surface area contributed by atoms with Crippen molar-refractivity contribution in [3.8, 4) is 17.2 Å². The van der Waals surface area contributed by atoms with Gasteiger partial charge in [0.15, 0.2) is 6.61 Å². The highest BCUT2D eigenvalue weighted by Crippen LogP contribution is 2.27. The van der Waals surface area contributed by atoms with Crippen molar-refractivity contribution in [2.75, 3.05) is 17.2 Å². The second-order valence-corrected chi connectivity index (χ2v) is 8.60. The molecule has 0 spiro atoms. The van der Waals surface area contributed by atoms with Crippen LogP contribution in [0.2, 0.25) is 5.02 Å². The van der Waals surface area contributed by atoms with Gasteiger partial charge in [-0.2, -0.15) is 0 Å². The number of amides is 1. The van der Waals surface area contributed by atoms with Crippen molar-refractivity contribution in [2.45, 2.75) is 20.4 Å². The van der Waals surface area contributed by atoms with E-state index in [0.29, 0.717) is 17.3 Å². The lowest BCUT2D eigenvalue weighted by Crippen LogP contribution is -2.20. The zero-order valence-electron chi connectivity index (χ0n) is 19.7. The SMILES string of the molecule is Cc1ccc(NC(=O)COc2ccc(CNc3ccc(Oc4ccccc4)cc3)cc2Cl)cc1C. The highest BCUT2D eigenvalue weighted by molar-refractivity contribution is 6.32. The van der Waals surface area contributed by atoms with Gasteiger partial charge in [-0.25, -0.2) is 0 Å². The molecule has 0 radical (unpaired) electrons. The Balaban J connectivity index is 1.26. The largest absolute Gasteiger partial charge is 0.482 e. The molecule has 178 valence electrons. The van der Waals surface area contributed by atoms with Gasteiger partial charge in [-0.3, -0.25) is 4.79 Å². The molecule has 0 aromatic heterocycles. The molecule has 4 aromatic carbocycles. The Labute approximate surface area is 210 Å². The molecular formula is C29H27ClN2O3. The number of carbonyl (C=O) groups excluding carboxylic acids is 1. The fourth-order valence-electron chi connectivity index (χ4n) is 3.40. The number of rotatable bonds is 9. The molecule has 4 rings (SSSR count). The summed E-state index contributed by atoms with van der Waals surface area (Å²) in [7, 11) is 0. The zero-order valence-corrected chi connectivity index (χ0v) is 20.4. The highest BCUT2D eigenvalue weighted by atomic mass is 35.5. The van der Waals surface area contributed by atoms with E-state index in [0.717, 1.165) is 34.0 Å². The number of halogens is 1. The van der Waals surface area contributed by atoms with Crippen molar-refractivity contribution >= 4 is 28.9 Å². The minimum Gasteiger partial charge on any atom is -0.482 e. The standard InChI is InChI=1S/C29H27ClN2O3/c1-20-8-10-24(16-21(20)2)32-29(33)19-34-28-15-9-22(17-27(28)30)18-31-23-11-13-26(14-12-23)35-25-6-4-3-5-7-25/h3-17,31H,18-19H2,1-2H3,(H,32,33). The quantitative estimate of drug-likeness (QED) is 0.259. The van der Waals surface area contributed by atoms with Crippen molar-refractivity contribution in [1.29, 1.82) is 0 Å². The van der Waals surface area contributed by atoms with E-state index < -0.39 is 0 Å². The van der Waals surface area contributed by atoms with E-state index in [1.165, 1.54) is 5.56 Å². The van der Waals surface area contributed by atoms with E-state index in [1.807, 2.05) is 98.8 Å². The average molecular weight is 487 g/mol. The van der Waals surface area contributed by atoms with Gasteiger partial charge >= 0.3 is 0 Å². The summed E-state index contributed by atoms with van der Waals surface area (Å²) in [5.41, 5.74) is 4.99. The number of nitrogens with one attached hydrogen (secondary N) is 2. The maximum absolute atomic E-state index is 12.2. The summed E-state index contributed by atoms with van der Waals surface area (Å²) in [4.78, 5) is 12.2. The third-order valence-corrected chi connectivity index (χ3v) is 5.77. The topological polar surface area (TPSA) is 59.6 Å². The number of anilines is 2. The van der Waals surface area contributed by atoms with E-state index in [1.54, 1.807) is 6.07 Å². The molecule has 0 aliphatic heterocycles. The van der Waals surface area contributed by atoms with Crippen LogP contribution < -0.4 is 20.1 Å². The van der Waals surface area contributed by atoms with Gasteiger partial charge in [-0.1, -0.05) is 41.9 Å². The monoisotopic (exact) mass is 486 g/mol. The molecule has 0 aliphatic rings. The third kappa shape index (κ3) is 7.01. The van der Waals surface area contributed by atoms with Gasteiger partial charge < -0.3 is 20.1 Å². The van der Waals surface area contributed by atoms with Crippen molar-refractivity contribution in [2.24, 2.45) is 0 Å². The Hall–Kier alpha value is -3.96. The molecule has 2 N–H and O–H groups in total. The van der Waals surface area contributed by atoms with Crippen LogP contribution in [0.3, 0.4) is 0 Å². The van der Waals surface area contributed by atoms with E-state index in [4.69, 9.17) is 21.1 Å². The second kappa shape index (κ2) is 11.4. The van der Waals surface area contributed by atoms with Crippen LogP contribution in [0.15, 0.2) is 91.0 Å². The summed E-state index contributed by atoms with van der Waals surface area (Å²) in [5.74, 6) is 1.79. The fraction of sp³-hybridized carbons (Fsp3) is 0.138. The Kier molecular flexibility index (Phi) is 7.91. The van der Waals surface area contributed by atoms with Crippen molar-refractivity contribution < 1.29 is 14.3 Å². The zero-order chi connectivity index (χ0) is 24.6. The molecule has 0 saturated heterocycles. The van der Waals surface area contributed by atoms with Crippen LogP contribution in [0.5, 0.6) is 17.2 Å². The molecular weight excluding hydrogens is 460 g/mol. The lowest BCUT2D eigenvalue weighted by atomic mass is 10.1. The van der Waals surface area contributed by atoms with Gasteiger partial charge in [0, 0.05) is 17.9 Å². The summed E-state index contributed by atoms with van der Waals surface area (Å²) in [6.45, 7) is 4.50. The summed E-state index contributed by atoms with van der Waals surface area (Å²) >= 11 is 6.39. The Bertz CT molecular complexity index is 1290. The molecule has 0 heterocycles. The van der Waals surface area contributed by atoms with E-state index in [-0.39, 0.29) is 12.5 Å². The maximum atomic E-state index is 12.2. The number of benzene rings is 4. The predicted molar refractivity (Wildman–Crippen MR) is 142 cm³/mol. The lowest BCUT2D eigenvalue weighted by molar-refractivity contribution is -0.118. The molecule has 4 aromatic rings. The van der Waals surface area contributed by atoms with Crippen LogP contribution in [0.25, 0.3) is 0 Å². The lowest BCUT2D eigenvalue weighted by Gasteiger charge is -2.12. The smallest absolute Gasteiger partial charge is 0.262 e. The molecule has 35 heavy (non-hydrogen) atoms. The number of aryl methyl sites for hydroxylation is 2. The summed E-state index contributed by atoms with van der Waals surface area (Å²) < 4.78 is 11.4. The third-order valence-electron chi connectivity index (χ3n) is 5.48. The molecule has 0 unspecified atom stereocenters. The predicted octanol–water partition coefficient (Wildman–Crippen LogP) is 7.38. The second-order valence-electron chi connectivity index (χ2n) is 8.19. The molecule has 1 amide bonds. The summed E-state index contributed by atoms with van der Waals surface area (Å²) in [6.07, 6.45) is 0. The van der Waals surface area contributed by atoms with Gasteiger partial charge in [0.05, 0.1) is 5.02 Å². The van der Waals surface area contributed by atoms with E-state index >= 15 is 0 Å². The van der Waals surface area contributed by atoms with E-state index in [2.05, 4.69) is 10.6 Å². The number of para-hydroxylation sites is 1. The van der Waals surface area contributed by atoms with Crippen LogP contribution in [-0.2, 0) is 11.3 Å². The Morgan fingerprint density at radius 1 is 0.800 bits per heavy atom. The summed E-state index contributed by atoms with van der Waals surface area (Å²) in [6, 6.07) is 28.7. The van der Waals surface area contributed by atoms with Gasteiger partial charge in [0.2, 0.25) is 0 Å². The maximum Gasteiger partial charge on any atom is 0.262 e. The molecule has 0 bridgehead atoms. The average Bonchev–Trinajstić information content (AvgIpc) is 2.86. The first kappa shape index (κ1) is 24.2. The van der Waals surface area contributed by atoms with Gasteiger partial charge in [-0.15, -0.1) is 0 Å². The highest BCUT2D eigenvalue weighted by Gasteiger charge is 2.08. The normalized spacial score (nSPS) is 10.5. The fourth-order valence-corrected chi connectivity index (χ4v) is 3.66. The summed E-state index contributed by atoms with van der Waals surface area (Å²) in [5, 5.41) is 6.66. The van der Waals surface area contributed by atoms with Crippen LogP contribution >= 0.6 is 11.6 Å². The van der Waals surface area contributed by atoms with Crippen molar-refractivity contribution in [1.82, 2.24) is 0 Å².